The molecule has 2 N–H and O–H groups in total. The predicted octanol–water partition coefficient (Wildman–Crippen LogP) is 9.22. The standard InChI is InChI=1S/C32H33Cl2F6N3O/c1-3-4-14-41-19-22-17-24(31(35,36)37)29(28(32(38,39)40)27(22)21-10-11-25(33)26(34)18-21)43-15-12-30(13-16-43,42-20(2)44)23-8-6-5-7-9-23/h5-11,17-18,41H,3-4,12-16,19H2,1-2H3,(H,42,44). The van der Waals surface area contributed by atoms with Gasteiger partial charge in [-0.05, 0) is 60.7 Å². The molecule has 3 aromatic carbocycles. The highest BCUT2D eigenvalue weighted by Gasteiger charge is 2.47. The molecule has 1 saturated heterocycles. The second-order valence-electron chi connectivity index (χ2n) is 11.0. The lowest BCUT2D eigenvalue weighted by Gasteiger charge is -2.45. The Bertz CT molecular complexity index is 1470. The molecular formula is C32H33Cl2F6N3O. The molecule has 1 fully saturated rings. The lowest BCUT2D eigenvalue weighted by molar-refractivity contribution is -0.142. The summed E-state index contributed by atoms with van der Waals surface area (Å²) in [4.78, 5) is 13.3. The third-order valence-corrected chi connectivity index (χ3v) is 8.62. The summed E-state index contributed by atoms with van der Waals surface area (Å²) in [6, 6.07) is 13.6. The van der Waals surface area contributed by atoms with Gasteiger partial charge >= 0.3 is 12.4 Å². The molecule has 4 rings (SSSR count). The number of benzene rings is 3. The number of nitrogens with one attached hydrogen (secondary N) is 2. The monoisotopic (exact) mass is 659 g/mol. The molecule has 1 aliphatic heterocycles. The number of nitrogens with zero attached hydrogens (tertiary/aromatic N) is 1. The minimum atomic E-state index is -5.16. The van der Waals surface area contributed by atoms with Gasteiger partial charge in [0.15, 0.2) is 0 Å². The number of anilines is 1. The molecule has 1 amide bonds. The Morgan fingerprint density at radius 2 is 1.59 bits per heavy atom. The Morgan fingerprint density at radius 1 is 0.932 bits per heavy atom. The van der Waals surface area contributed by atoms with Crippen molar-refractivity contribution in [2.45, 2.75) is 64.0 Å². The summed E-state index contributed by atoms with van der Waals surface area (Å²) in [6.07, 6.45) is -8.58. The van der Waals surface area contributed by atoms with Crippen molar-refractivity contribution in [3.05, 3.63) is 86.9 Å². The molecular weight excluding hydrogens is 627 g/mol. The van der Waals surface area contributed by atoms with Crippen LogP contribution in [-0.2, 0) is 29.2 Å². The van der Waals surface area contributed by atoms with Gasteiger partial charge in [-0.1, -0.05) is 72.9 Å². The fourth-order valence-corrected chi connectivity index (χ4v) is 6.18. The zero-order valence-electron chi connectivity index (χ0n) is 24.2. The molecule has 1 aliphatic rings. The van der Waals surface area contributed by atoms with Gasteiger partial charge in [0.2, 0.25) is 5.91 Å². The van der Waals surface area contributed by atoms with Crippen molar-refractivity contribution in [1.29, 1.82) is 0 Å². The van der Waals surface area contributed by atoms with Crippen LogP contribution in [0.2, 0.25) is 10.0 Å². The second-order valence-corrected chi connectivity index (χ2v) is 11.8. The molecule has 0 bridgehead atoms. The van der Waals surface area contributed by atoms with Gasteiger partial charge < -0.3 is 15.5 Å². The minimum Gasteiger partial charge on any atom is -0.370 e. The molecule has 0 aromatic heterocycles. The molecule has 238 valence electrons. The summed E-state index contributed by atoms with van der Waals surface area (Å²) in [6.45, 7) is 3.11. The lowest BCUT2D eigenvalue weighted by Crippen LogP contribution is -2.53. The Balaban J connectivity index is 1.93. The van der Waals surface area contributed by atoms with Crippen LogP contribution in [0, 0.1) is 0 Å². The van der Waals surface area contributed by atoms with E-state index in [9.17, 15) is 18.0 Å². The summed E-state index contributed by atoms with van der Waals surface area (Å²) in [5.74, 6) is -0.351. The first-order chi connectivity index (χ1) is 20.7. The molecule has 0 aliphatic carbocycles. The Kier molecular flexibility index (Phi) is 10.5. The van der Waals surface area contributed by atoms with E-state index in [0.717, 1.165) is 23.0 Å². The number of hydrogen-bond acceptors (Lipinski definition) is 3. The van der Waals surface area contributed by atoms with Crippen LogP contribution in [-0.4, -0.2) is 25.5 Å². The molecule has 44 heavy (non-hydrogen) atoms. The number of rotatable bonds is 9. The number of piperidine rings is 1. The maximum atomic E-state index is 15.2. The first-order valence-electron chi connectivity index (χ1n) is 14.3. The van der Waals surface area contributed by atoms with Crippen molar-refractivity contribution in [1.82, 2.24) is 10.6 Å². The van der Waals surface area contributed by atoms with E-state index in [1.54, 1.807) is 30.3 Å². The van der Waals surface area contributed by atoms with Crippen molar-refractivity contribution in [3.8, 4) is 11.1 Å². The van der Waals surface area contributed by atoms with E-state index in [1.165, 1.54) is 25.1 Å². The molecule has 4 nitrogen and oxygen atoms in total. The summed E-state index contributed by atoms with van der Waals surface area (Å²) in [7, 11) is 0. The molecule has 1 heterocycles. The van der Waals surface area contributed by atoms with Crippen LogP contribution in [0.25, 0.3) is 11.1 Å². The van der Waals surface area contributed by atoms with Crippen LogP contribution in [0.1, 0.15) is 61.8 Å². The zero-order valence-corrected chi connectivity index (χ0v) is 25.7. The predicted molar refractivity (Wildman–Crippen MR) is 162 cm³/mol. The van der Waals surface area contributed by atoms with Gasteiger partial charge in [0, 0.05) is 32.1 Å². The highest BCUT2D eigenvalue weighted by Crippen LogP contribution is 2.52. The average molecular weight is 661 g/mol. The zero-order chi connectivity index (χ0) is 32.3. The molecule has 0 atom stereocenters. The normalized spacial score (nSPS) is 15.4. The van der Waals surface area contributed by atoms with Gasteiger partial charge in [-0.15, -0.1) is 0 Å². The first-order valence-corrected chi connectivity index (χ1v) is 15.0. The van der Waals surface area contributed by atoms with Crippen LogP contribution in [0.4, 0.5) is 32.0 Å². The second kappa shape index (κ2) is 13.6. The summed E-state index contributed by atoms with van der Waals surface area (Å²) >= 11 is 12.3. The van der Waals surface area contributed by atoms with Crippen molar-refractivity contribution in [2.24, 2.45) is 0 Å². The average Bonchev–Trinajstić information content (AvgIpc) is 2.95. The Labute approximate surface area is 262 Å². The highest BCUT2D eigenvalue weighted by molar-refractivity contribution is 6.42. The molecule has 3 aromatic rings. The molecule has 0 saturated carbocycles. The van der Waals surface area contributed by atoms with Crippen molar-refractivity contribution in [2.75, 3.05) is 24.5 Å². The number of halogens is 8. The van der Waals surface area contributed by atoms with E-state index in [0.29, 0.717) is 13.0 Å². The molecule has 12 heteroatoms. The van der Waals surface area contributed by atoms with Crippen LogP contribution >= 0.6 is 23.2 Å². The number of carbonyl (C=O) groups is 1. The largest absolute Gasteiger partial charge is 0.419 e. The fourth-order valence-electron chi connectivity index (χ4n) is 5.89. The Morgan fingerprint density at radius 3 is 2.14 bits per heavy atom. The SMILES string of the molecule is CCCCNCc1cc(C(F)(F)F)c(N2CCC(NC(C)=O)(c3ccccc3)CC2)c(C(F)(F)F)c1-c1ccc(Cl)c(Cl)c1. The van der Waals surface area contributed by atoms with Gasteiger partial charge in [-0.25, -0.2) is 0 Å². The quantitative estimate of drug-likeness (QED) is 0.178. The molecule has 0 spiro atoms. The van der Waals surface area contributed by atoms with Crippen LogP contribution < -0.4 is 15.5 Å². The first kappa shape index (κ1) is 33.9. The number of hydrogen-bond donors (Lipinski definition) is 2. The highest BCUT2D eigenvalue weighted by atomic mass is 35.5. The van der Waals surface area contributed by atoms with Crippen molar-refractivity contribution >= 4 is 34.8 Å². The van der Waals surface area contributed by atoms with Gasteiger partial charge in [0.05, 0.1) is 32.4 Å². The smallest absolute Gasteiger partial charge is 0.370 e. The third-order valence-electron chi connectivity index (χ3n) is 7.88. The Hall–Kier alpha value is -2.95. The molecule has 0 radical (unpaired) electrons. The van der Waals surface area contributed by atoms with Crippen molar-refractivity contribution < 1.29 is 31.1 Å². The third kappa shape index (κ3) is 7.46. The number of carbonyl (C=O) groups excluding carboxylic acids is 1. The summed E-state index contributed by atoms with van der Waals surface area (Å²) in [5, 5.41) is 5.99. The maximum Gasteiger partial charge on any atom is 0.419 e. The van der Waals surface area contributed by atoms with Gasteiger partial charge in [-0.3, -0.25) is 4.79 Å². The number of alkyl halides is 6. The molecule has 0 unspecified atom stereocenters. The summed E-state index contributed by atoms with van der Waals surface area (Å²) < 4.78 is 89.7. The van der Waals surface area contributed by atoms with E-state index in [1.807, 2.05) is 6.92 Å². The number of unbranched alkanes of at least 4 members (excludes halogenated alkanes) is 1. The van der Waals surface area contributed by atoms with Gasteiger partial charge in [0.1, 0.15) is 0 Å². The van der Waals surface area contributed by atoms with Crippen molar-refractivity contribution in [3.63, 3.8) is 0 Å². The van der Waals surface area contributed by atoms with Crippen LogP contribution in [0.5, 0.6) is 0 Å². The van der Waals surface area contributed by atoms with Crippen LogP contribution in [0.15, 0.2) is 54.6 Å². The fraction of sp³-hybridized carbons (Fsp3) is 0.406. The van der Waals surface area contributed by atoms with E-state index in [2.05, 4.69) is 10.6 Å². The van der Waals surface area contributed by atoms with E-state index in [-0.39, 0.29) is 65.1 Å². The van der Waals surface area contributed by atoms with E-state index < -0.39 is 34.7 Å². The minimum absolute atomic E-state index is 0.00267. The summed E-state index contributed by atoms with van der Waals surface area (Å²) in [5.41, 5.74) is -4.45. The number of amides is 1. The lowest BCUT2D eigenvalue weighted by atomic mass is 9.80. The van der Waals surface area contributed by atoms with Gasteiger partial charge in [0.25, 0.3) is 0 Å². The van der Waals surface area contributed by atoms with Gasteiger partial charge in [-0.2, -0.15) is 26.3 Å². The maximum absolute atomic E-state index is 15.2. The van der Waals surface area contributed by atoms with E-state index in [4.69, 9.17) is 23.2 Å². The van der Waals surface area contributed by atoms with E-state index >= 15 is 13.2 Å². The van der Waals surface area contributed by atoms with Crippen LogP contribution in [0.3, 0.4) is 0 Å². The topological polar surface area (TPSA) is 44.4 Å².